The number of carbonyl (C=O) groups excluding carboxylic acids is 1. The second-order valence-electron chi connectivity index (χ2n) is 2.39. The Morgan fingerprint density at radius 2 is 1.29 bits per heavy atom. The van der Waals surface area contributed by atoms with Crippen LogP contribution in [0, 0.1) is 0 Å². The highest BCUT2D eigenvalue weighted by molar-refractivity contribution is 7.80. The quantitative estimate of drug-likeness (QED) is 0.259. The zero-order chi connectivity index (χ0) is 14.4. The summed E-state index contributed by atoms with van der Waals surface area (Å²) in [7, 11) is 0. The van der Waals surface area contributed by atoms with Gasteiger partial charge in [-0.05, 0) is 0 Å². The zero-order valence-electron chi connectivity index (χ0n) is 9.07. The fourth-order valence-electron chi connectivity index (χ4n) is 0.0900. The van der Waals surface area contributed by atoms with Crippen LogP contribution in [0.2, 0.25) is 0 Å². The lowest BCUT2D eigenvalue weighted by atomic mass is 10.4. The van der Waals surface area contributed by atoms with E-state index >= 15 is 0 Å². The number of hydrogen-bond donors (Lipinski definition) is 7. The summed E-state index contributed by atoms with van der Waals surface area (Å²) < 4.78 is 0. The first-order valence-corrected chi connectivity index (χ1v) is 4.85. The van der Waals surface area contributed by atoms with Crippen LogP contribution in [-0.4, -0.2) is 52.9 Å². The van der Waals surface area contributed by atoms with E-state index in [9.17, 15) is 14.4 Å². The molecule has 0 aliphatic rings. The third-order valence-electron chi connectivity index (χ3n) is 0.911. The van der Waals surface area contributed by atoms with Crippen molar-refractivity contribution in [2.75, 3.05) is 18.8 Å². The summed E-state index contributed by atoms with van der Waals surface area (Å²) in [4.78, 5) is 28.5. The first-order chi connectivity index (χ1) is 7.72. The first kappa shape index (κ1) is 21.0. The van der Waals surface area contributed by atoms with Gasteiger partial charge in [0.15, 0.2) is 0 Å². The SMILES string of the molecule is NC(=O)C(N)CS.NCC(=O)O.NCC(=O)O. The molecule has 0 rings (SSSR count). The second kappa shape index (κ2) is 14.6. The van der Waals surface area contributed by atoms with E-state index in [1.165, 1.54) is 0 Å². The summed E-state index contributed by atoms with van der Waals surface area (Å²) in [5, 5.41) is 15.2. The maximum atomic E-state index is 9.98. The third-order valence-corrected chi connectivity index (χ3v) is 1.30. The van der Waals surface area contributed by atoms with Crippen molar-refractivity contribution in [2.45, 2.75) is 6.04 Å². The van der Waals surface area contributed by atoms with Gasteiger partial charge in [0.25, 0.3) is 0 Å². The van der Waals surface area contributed by atoms with Gasteiger partial charge in [-0.3, -0.25) is 14.4 Å². The summed E-state index contributed by atoms with van der Waals surface area (Å²) in [5.41, 5.74) is 18.9. The average Bonchev–Trinajstić information content (AvgIpc) is 2.29. The summed E-state index contributed by atoms with van der Waals surface area (Å²) in [6.45, 7) is -0.556. The smallest absolute Gasteiger partial charge is 0.317 e. The topological polar surface area (TPSA) is 196 Å². The largest absolute Gasteiger partial charge is 0.480 e. The van der Waals surface area contributed by atoms with Crippen LogP contribution in [0.4, 0.5) is 0 Å². The van der Waals surface area contributed by atoms with Crippen LogP contribution in [-0.2, 0) is 14.4 Å². The molecule has 10 heteroatoms. The predicted octanol–water partition coefficient (Wildman–Crippen LogP) is -3.21. The van der Waals surface area contributed by atoms with Crippen LogP contribution in [0.3, 0.4) is 0 Å². The fourth-order valence-corrected chi connectivity index (χ4v) is 0.270. The summed E-state index contributed by atoms with van der Waals surface area (Å²) >= 11 is 3.73. The lowest BCUT2D eigenvalue weighted by Crippen LogP contribution is -2.37. The summed E-state index contributed by atoms with van der Waals surface area (Å²) in [6, 6.07) is -0.594. The van der Waals surface area contributed by atoms with Gasteiger partial charge in [0.2, 0.25) is 5.91 Å². The Bertz CT molecular complexity index is 224. The van der Waals surface area contributed by atoms with E-state index < -0.39 is 23.9 Å². The van der Waals surface area contributed by atoms with Crippen LogP contribution in [0.5, 0.6) is 0 Å². The maximum Gasteiger partial charge on any atom is 0.317 e. The molecule has 0 radical (unpaired) electrons. The molecule has 10 N–H and O–H groups in total. The van der Waals surface area contributed by atoms with Crippen molar-refractivity contribution >= 4 is 30.5 Å². The van der Waals surface area contributed by atoms with Crippen molar-refractivity contribution in [3.05, 3.63) is 0 Å². The van der Waals surface area contributed by atoms with Crippen molar-refractivity contribution in [1.29, 1.82) is 0 Å². The molecule has 0 aromatic carbocycles. The van der Waals surface area contributed by atoms with Gasteiger partial charge in [-0.1, -0.05) is 0 Å². The third kappa shape index (κ3) is 31.3. The number of carbonyl (C=O) groups is 3. The average molecular weight is 270 g/mol. The summed E-state index contributed by atoms with van der Waals surface area (Å²) in [5.74, 6) is -2.12. The van der Waals surface area contributed by atoms with E-state index in [1.807, 2.05) is 0 Å². The van der Waals surface area contributed by atoms with Crippen LogP contribution >= 0.6 is 12.6 Å². The lowest BCUT2D eigenvalue weighted by molar-refractivity contribution is -0.136. The molecule has 1 amide bonds. The molecule has 102 valence electrons. The van der Waals surface area contributed by atoms with Crippen LogP contribution in [0.15, 0.2) is 0 Å². The molecule has 0 aromatic heterocycles. The van der Waals surface area contributed by atoms with E-state index in [2.05, 4.69) is 24.1 Å². The maximum absolute atomic E-state index is 9.98. The van der Waals surface area contributed by atoms with E-state index in [4.69, 9.17) is 21.7 Å². The summed E-state index contributed by atoms with van der Waals surface area (Å²) in [6.07, 6.45) is 0. The standard InChI is InChI=1S/C3H8N2OS.2C2H5NO2/c4-2(1-7)3(5)6;2*3-1-2(4)5/h2,7H,1,4H2,(H2,5,6);2*1,3H2,(H,4,5). The van der Waals surface area contributed by atoms with E-state index in [1.54, 1.807) is 0 Å². The minimum Gasteiger partial charge on any atom is -0.480 e. The monoisotopic (exact) mass is 270 g/mol. The molecule has 1 unspecified atom stereocenters. The molecule has 0 aromatic rings. The fraction of sp³-hybridized carbons (Fsp3) is 0.571. The first-order valence-electron chi connectivity index (χ1n) is 4.22. The molecule has 0 saturated carbocycles. The molecule has 0 aliphatic carbocycles. The highest BCUT2D eigenvalue weighted by atomic mass is 32.1. The number of primary amides is 1. The van der Waals surface area contributed by atoms with Crippen molar-refractivity contribution in [2.24, 2.45) is 22.9 Å². The van der Waals surface area contributed by atoms with Gasteiger partial charge in [-0.15, -0.1) is 0 Å². The van der Waals surface area contributed by atoms with Gasteiger partial charge >= 0.3 is 11.9 Å². The highest BCUT2D eigenvalue weighted by Crippen LogP contribution is 1.78. The molecular formula is C7H18N4O5S. The lowest BCUT2D eigenvalue weighted by Gasteiger charge is -1.98. The number of nitrogens with two attached hydrogens (primary N) is 4. The molecule has 0 fully saturated rings. The van der Waals surface area contributed by atoms with E-state index in [0.717, 1.165) is 0 Å². The van der Waals surface area contributed by atoms with Crippen molar-refractivity contribution < 1.29 is 24.6 Å². The predicted molar refractivity (Wildman–Crippen MR) is 64.4 cm³/mol. The number of hydrogen-bond acceptors (Lipinski definition) is 7. The number of carboxylic acid groups (broad SMARTS) is 2. The van der Waals surface area contributed by atoms with Crippen molar-refractivity contribution in [1.82, 2.24) is 0 Å². The minimum atomic E-state index is -0.968. The number of rotatable bonds is 4. The molecule has 0 heterocycles. The normalized spacial score (nSPS) is 9.88. The van der Waals surface area contributed by atoms with Gasteiger partial charge in [-0.25, -0.2) is 0 Å². The Hall–Kier alpha value is -1.36. The van der Waals surface area contributed by atoms with Gasteiger partial charge < -0.3 is 33.1 Å². The van der Waals surface area contributed by atoms with Crippen LogP contribution < -0.4 is 22.9 Å². The number of amides is 1. The Kier molecular flexibility index (Phi) is 18.1. The van der Waals surface area contributed by atoms with E-state index in [0.29, 0.717) is 5.75 Å². The Labute approximate surface area is 104 Å². The van der Waals surface area contributed by atoms with Gasteiger partial charge in [-0.2, -0.15) is 12.6 Å². The van der Waals surface area contributed by atoms with Crippen LogP contribution in [0.25, 0.3) is 0 Å². The number of aliphatic carboxylic acids is 2. The second-order valence-corrected chi connectivity index (χ2v) is 2.75. The molecule has 0 saturated heterocycles. The number of thiol groups is 1. The van der Waals surface area contributed by atoms with Crippen molar-refractivity contribution in [3.63, 3.8) is 0 Å². The molecule has 0 spiro atoms. The van der Waals surface area contributed by atoms with Crippen molar-refractivity contribution in [3.8, 4) is 0 Å². The molecular weight excluding hydrogens is 252 g/mol. The molecule has 0 bridgehead atoms. The Morgan fingerprint density at radius 1 is 1.06 bits per heavy atom. The Balaban J connectivity index is -0.000000177. The highest BCUT2D eigenvalue weighted by Gasteiger charge is 2.03. The molecule has 1 atom stereocenters. The van der Waals surface area contributed by atoms with Gasteiger partial charge in [0.05, 0.1) is 19.1 Å². The molecule has 0 aliphatic heterocycles. The minimum absolute atomic E-state index is 0.278. The van der Waals surface area contributed by atoms with E-state index in [-0.39, 0.29) is 13.1 Å². The number of carboxylic acids is 2. The zero-order valence-corrected chi connectivity index (χ0v) is 9.97. The van der Waals surface area contributed by atoms with Crippen LogP contribution in [0.1, 0.15) is 0 Å². The Morgan fingerprint density at radius 3 is 1.29 bits per heavy atom. The molecule has 17 heavy (non-hydrogen) atoms. The molecule has 9 nitrogen and oxygen atoms in total. The van der Waals surface area contributed by atoms with Gasteiger partial charge in [0, 0.05) is 5.75 Å². The van der Waals surface area contributed by atoms with Gasteiger partial charge in [0.1, 0.15) is 0 Å².